The number of hydrogen-bond acceptors (Lipinski definition) is 4. The largest absolute Gasteiger partial charge is 0.508 e. The van der Waals surface area contributed by atoms with Crippen LogP contribution in [0, 0.1) is 0 Å². The van der Waals surface area contributed by atoms with E-state index in [1.807, 2.05) is 30.3 Å². The first-order valence-corrected chi connectivity index (χ1v) is 9.55. The fourth-order valence-electron chi connectivity index (χ4n) is 3.64. The minimum Gasteiger partial charge on any atom is -0.508 e. The number of likely N-dealkylation sites (N-methyl/N-ethyl adjacent to an activating group) is 1. The van der Waals surface area contributed by atoms with Crippen LogP contribution in [0.5, 0.6) is 5.75 Å². The molecule has 0 aromatic heterocycles. The van der Waals surface area contributed by atoms with Crippen LogP contribution < -0.4 is 4.90 Å². The van der Waals surface area contributed by atoms with Crippen molar-refractivity contribution in [3.63, 3.8) is 0 Å². The number of imide groups is 1. The van der Waals surface area contributed by atoms with Crippen LogP contribution in [-0.4, -0.2) is 40.8 Å². The van der Waals surface area contributed by atoms with Gasteiger partial charge in [0.2, 0.25) is 5.91 Å². The van der Waals surface area contributed by atoms with Gasteiger partial charge in [0, 0.05) is 19.2 Å². The van der Waals surface area contributed by atoms with Crippen molar-refractivity contribution >= 4 is 23.4 Å². The van der Waals surface area contributed by atoms with Crippen LogP contribution >= 0.6 is 0 Å². The molecular formula is C24H20N2O4. The number of aromatic hydroxyl groups is 1. The molecule has 0 fully saturated rings. The highest BCUT2D eigenvalue weighted by atomic mass is 16.3. The highest BCUT2D eigenvalue weighted by molar-refractivity contribution is 6.23. The van der Waals surface area contributed by atoms with Crippen molar-refractivity contribution in [3.8, 4) is 5.75 Å². The summed E-state index contributed by atoms with van der Waals surface area (Å²) in [5.74, 6) is -1.24. The summed E-state index contributed by atoms with van der Waals surface area (Å²) in [7, 11) is 1.59. The normalized spacial score (nSPS) is 13.8. The van der Waals surface area contributed by atoms with Crippen LogP contribution in [0.4, 0.5) is 5.69 Å². The van der Waals surface area contributed by atoms with Crippen molar-refractivity contribution in [2.24, 2.45) is 0 Å². The SMILES string of the molecule is CN(C(=O)C(Cc1ccccc1)N1C(=O)c2ccccc2C1=O)c1ccc(O)cc1. The zero-order valence-electron chi connectivity index (χ0n) is 16.4. The number of phenolic OH excluding ortho intramolecular Hbond substituents is 1. The number of hydrogen-bond donors (Lipinski definition) is 1. The molecule has 1 aliphatic rings. The Balaban J connectivity index is 1.72. The maximum Gasteiger partial charge on any atom is 0.262 e. The highest BCUT2D eigenvalue weighted by Crippen LogP contribution is 2.28. The molecule has 1 atom stereocenters. The topological polar surface area (TPSA) is 77.9 Å². The minimum absolute atomic E-state index is 0.0841. The van der Waals surface area contributed by atoms with E-state index in [-0.39, 0.29) is 18.1 Å². The first-order valence-electron chi connectivity index (χ1n) is 9.55. The molecule has 0 saturated carbocycles. The van der Waals surface area contributed by atoms with E-state index < -0.39 is 17.9 Å². The van der Waals surface area contributed by atoms with Crippen LogP contribution in [0.25, 0.3) is 0 Å². The average molecular weight is 400 g/mol. The van der Waals surface area contributed by atoms with Crippen molar-refractivity contribution in [1.29, 1.82) is 0 Å². The lowest BCUT2D eigenvalue weighted by Crippen LogP contribution is -2.51. The molecule has 3 aromatic rings. The van der Waals surface area contributed by atoms with Crippen molar-refractivity contribution < 1.29 is 19.5 Å². The molecule has 4 rings (SSSR count). The number of carbonyl (C=O) groups is 3. The Kier molecular flexibility index (Phi) is 5.06. The molecule has 0 bridgehead atoms. The molecule has 0 spiro atoms. The van der Waals surface area contributed by atoms with E-state index in [1.54, 1.807) is 43.4 Å². The van der Waals surface area contributed by atoms with Gasteiger partial charge < -0.3 is 10.0 Å². The summed E-state index contributed by atoms with van der Waals surface area (Å²) < 4.78 is 0. The van der Waals surface area contributed by atoms with Crippen LogP contribution in [0.15, 0.2) is 78.9 Å². The minimum atomic E-state index is -1.00. The molecule has 0 aliphatic carbocycles. The molecule has 30 heavy (non-hydrogen) atoms. The molecule has 1 unspecified atom stereocenters. The van der Waals surface area contributed by atoms with Crippen molar-refractivity contribution in [3.05, 3.63) is 95.6 Å². The summed E-state index contributed by atoms with van der Waals surface area (Å²) >= 11 is 0. The molecule has 6 nitrogen and oxygen atoms in total. The average Bonchev–Trinajstić information content (AvgIpc) is 3.03. The number of phenols is 1. The lowest BCUT2D eigenvalue weighted by molar-refractivity contribution is -0.122. The molecule has 6 heteroatoms. The molecule has 3 aromatic carbocycles. The van der Waals surface area contributed by atoms with E-state index in [0.29, 0.717) is 16.8 Å². The number of anilines is 1. The molecule has 1 aliphatic heterocycles. The Bertz CT molecular complexity index is 1070. The predicted molar refractivity (Wildman–Crippen MR) is 112 cm³/mol. The second-order valence-electron chi connectivity index (χ2n) is 7.15. The summed E-state index contributed by atoms with van der Waals surface area (Å²) in [5.41, 5.74) is 2.00. The Morgan fingerprint density at radius 3 is 1.97 bits per heavy atom. The van der Waals surface area contributed by atoms with Gasteiger partial charge >= 0.3 is 0 Å². The van der Waals surface area contributed by atoms with E-state index in [0.717, 1.165) is 10.5 Å². The summed E-state index contributed by atoms with van der Waals surface area (Å²) in [6, 6.07) is 21.1. The van der Waals surface area contributed by atoms with Gasteiger partial charge in [0.1, 0.15) is 11.8 Å². The zero-order chi connectivity index (χ0) is 21.3. The van der Waals surface area contributed by atoms with E-state index in [1.165, 1.54) is 17.0 Å². The van der Waals surface area contributed by atoms with Crippen LogP contribution in [-0.2, 0) is 11.2 Å². The first kappa shape index (κ1) is 19.4. The summed E-state index contributed by atoms with van der Waals surface area (Å²) in [6.07, 6.45) is 0.202. The molecular weight excluding hydrogens is 380 g/mol. The predicted octanol–water partition coefficient (Wildman–Crippen LogP) is 3.26. The third kappa shape index (κ3) is 3.43. The van der Waals surface area contributed by atoms with Crippen molar-refractivity contribution in [1.82, 2.24) is 4.90 Å². The van der Waals surface area contributed by atoms with Gasteiger partial charge in [-0.05, 0) is 42.0 Å². The Morgan fingerprint density at radius 2 is 1.40 bits per heavy atom. The third-order valence-corrected chi connectivity index (χ3v) is 5.26. The number of carbonyl (C=O) groups excluding carboxylic acids is 3. The van der Waals surface area contributed by atoms with Crippen LogP contribution in [0.2, 0.25) is 0 Å². The van der Waals surface area contributed by atoms with Gasteiger partial charge in [-0.3, -0.25) is 19.3 Å². The highest BCUT2D eigenvalue weighted by Gasteiger charge is 2.43. The summed E-state index contributed by atoms with van der Waals surface area (Å²) in [6.45, 7) is 0. The number of benzene rings is 3. The molecule has 3 amide bonds. The Labute approximate surface area is 174 Å². The molecule has 150 valence electrons. The second kappa shape index (κ2) is 7.83. The smallest absolute Gasteiger partial charge is 0.262 e. The van der Waals surface area contributed by atoms with E-state index >= 15 is 0 Å². The zero-order valence-corrected chi connectivity index (χ0v) is 16.4. The third-order valence-electron chi connectivity index (χ3n) is 5.26. The fourth-order valence-corrected chi connectivity index (χ4v) is 3.64. The number of nitrogens with zero attached hydrogens (tertiary/aromatic N) is 2. The number of fused-ring (bicyclic) bond motifs is 1. The van der Waals surface area contributed by atoms with Crippen LogP contribution in [0.1, 0.15) is 26.3 Å². The maximum absolute atomic E-state index is 13.5. The van der Waals surface area contributed by atoms with Crippen molar-refractivity contribution in [2.45, 2.75) is 12.5 Å². The number of rotatable bonds is 5. The monoisotopic (exact) mass is 400 g/mol. The van der Waals surface area contributed by atoms with Gasteiger partial charge in [-0.15, -0.1) is 0 Å². The quantitative estimate of drug-likeness (QED) is 0.667. The Morgan fingerprint density at radius 1 is 0.867 bits per heavy atom. The number of amides is 3. The lowest BCUT2D eigenvalue weighted by Gasteiger charge is -2.29. The maximum atomic E-state index is 13.5. The van der Waals surface area contributed by atoms with E-state index in [2.05, 4.69) is 0 Å². The van der Waals surface area contributed by atoms with E-state index in [4.69, 9.17) is 0 Å². The van der Waals surface area contributed by atoms with Gasteiger partial charge in [0.05, 0.1) is 11.1 Å². The molecule has 1 heterocycles. The first-order chi connectivity index (χ1) is 14.5. The van der Waals surface area contributed by atoms with Gasteiger partial charge in [0.15, 0.2) is 0 Å². The fraction of sp³-hybridized carbons (Fsp3) is 0.125. The molecule has 0 saturated heterocycles. The molecule has 0 radical (unpaired) electrons. The molecule has 1 N–H and O–H groups in total. The standard InChI is InChI=1S/C24H20N2O4/c1-25(17-11-13-18(27)14-12-17)24(30)21(15-16-7-3-2-4-8-16)26-22(28)19-9-5-6-10-20(19)23(26)29/h2-14,21,27H,15H2,1H3. The van der Waals surface area contributed by atoms with Gasteiger partial charge in [-0.2, -0.15) is 0 Å². The lowest BCUT2D eigenvalue weighted by atomic mass is 10.0. The van der Waals surface area contributed by atoms with Gasteiger partial charge in [0.25, 0.3) is 11.8 Å². The summed E-state index contributed by atoms with van der Waals surface area (Å²) in [4.78, 5) is 42.0. The van der Waals surface area contributed by atoms with Gasteiger partial charge in [-0.25, -0.2) is 0 Å². The second-order valence-corrected chi connectivity index (χ2v) is 7.15. The summed E-state index contributed by atoms with van der Waals surface area (Å²) in [5, 5.41) is 9.52. The Hall–Kier alpha value is -3.93. The van der Waals surface area contributed by atoms with Gasteiger partial charge in [-0.1, -0.05) is 42.5 Å². The van der Waals surface area contributed by atoms with E-state index in [9.17, 15) is 19.5 Å². The van der Waals surface area contributed by atoms with Crippen molar-refractivity contribution in [2.75, 3.05) is 11.9 Å². The van der Waals surface area contributed by atoms with Crippen LogP contribution in [0.3, 0.4) is 0 Å².